The van der Waals surface area contributed by atoms with Gasteiger partial charge in [0.25, 0.3) is 6.02 Å². The zero-order valence-electron chi connectivity index (χ0n) is 11.5. The molecule has 5 heteroatoms. The van der Waals surface area contributed by atoms with Gasteiger partial charge in [0, 0.05) is 12.4 Å². The summed E-state index contributed by atoms with van der Waals surface area (Å²) in [6, 6.07) is 7.24. The molecule has 1 aliphatic heterocycles. The molecule has 2 aliphatic rings. The molecule has 1 aromatic carbocycles. The van der Waals surface area contributed by atoms with Crippen LogP contribution in [0.3, 0.4) is 0 Å². The van der Waals surface area contributed by atoms with Crippen LogP contribution in [0, 0.1) is 0 Å². The number of nitrogens with zero attached hydrogens (tertiary/aromatic N) is 2. The van der Waals surface area contributed by atoms with Crippen LogP contribution in [-0.2, 0) is 17.6 Å². The van der Waals surface area contributed by atoms with E-state index in [-0.39, 0.29) is 12.4 Å². The number of alkyl halides is 1. The van der Waals surface area contributed by atoms with Crippen LogP contribution in [0.4, 0.5) is 5.69 Å². The summed E-state index contributed by atoms with van der Waals surface area (Å²) in [6.45, 7) is 2.39. The SMILES string of the molecule is Cl.ClCCN1CCOC1=Nc1ccc2c(c1)CCCC2. The van der Waals surface area contributed by atoms with Gasteiger partial charge < -0.3 is 9.64 Å². The second-order valence-corrected chi connectivity index (χ2v) is 5.46. The first kappa shape index (κ1) is 15.5. The fourth-order valence-corrected chi connectivity index (χ4v) is 2.95. The average molecular weight is 315 g/mol. The van der Waals surface area contributed by atoms with Crippen molar-refractivity contribution in [3.63, 3.8) is 0 Å². The highest BCUT2D eigenvalue weighted by Gasteiger charge is 2.19. The van der Waals surface area contributed by atoms with E-state index in [4.69, 9.17) is 16.3 Å². The molecule has 1 saturated heterocycles. The van der Waals surface area contributed by atoms with Gasteiger partial charge >= 0.3 is 0 Å². The van der Waals surface area contributed by atoms with Crippen molar-refractivity contribution >= 4 is 35.7 Å². The van der Waals surface area contributed by atoms with Crippen molar-refractivity contribution in [1.82, 2.24) is 4.90 Å². The van der Waals surface area contributed by atoms with Crippen molar-refractivity contribution < 1.29 is 4.74 Å². The summed E-state index contributed by atoms with van der Waals surface area (Å²) in [5.41, 5.74) is 3.94. The average Bonchev–Trinajstić information content (AvgIpc) is 2.86. The molecule has 0 amide bonds. The van der Waals surface area contributed by atoms with Gasteiger partial charge in [-0.05, 0) is 48.9 Å². The molecule has 0 spiro atoms. The van der Waals surface area contributed by atoms with Crippen LogP contribution in [0.15, 0.2) is 23.2 Å². The zero-order chi connectivity index (χ0) is 13.1. The molecule has 3 rings (SSSR count). The Bertz CT molecular complexity index is 491. The molecule has 0 bridgehead atoms. The Kier molecular flexibility index (Phi) is 5.55. The molecule has 1 aliphatic carbocycles. The molecule has 0 saturated carbocycles. The van der Waals surface area contributed by atoms with Gasteiger partial charge in [-0.2, -0.15) is 4.99 Å². The number of halogens is 2. The lowest BCUT2D eigenvalue weighted by molar-refractivity contribution is 0.352. The predicted molar refractivity (Wildman–Crippen MR) is 85.7 cm³/mol. The first-order valence-electron chi connectivity index (χ1n) is 7.01. The van der Waals surface area contributed by atoms with E-state index >= 15 is 0 Å². The van der Waals surface area contributed by atoms with Crippen LogP contribution in [0.5, 0.6) is 0 Å². The van der Waals surface area contributed by atoms with Gasteiger partial charge in [0.1, 0.15) is 6.61 Å². The Balaban J connectivity index is 0.00000147. The molecular weight excluding hydrogens is 295 g/mol. The number of amidine groups is 1. The number of hydrogen-bond acceptors (Lipinski definition) is 2. The van der Waals surface area contributed by atoms with E-state index in [2.05, 4.69) is 28.1 Å². The molecule has 20 heavy (non-hydrogen) atoms. The monoisotopic (exact) mass is 314 g/mol. The Morgan fingerprint density at radius 1 is 1.20 bits per heavy atom. The molecule has 0 N–H and O–H groups in total. The third-order valence-corrected chi connectivity index (χ3v) is 3.94. The minimum absolute atomic E-state index is 0. The van der Waals surface area contributed by atoms with E-state index in [9.17, 15) is 0 Å². The van der Waals surface area contributed by atoms with Crippen LogP contribution >= 0.6 is 24.0 Å². The molecule has 0 atom stereocenters. The van der Waals surface area contributed by atoms with E-state index in [1.165, 1.54) is 36.8 Å². The lowest BCUT2D eigenvalue weighted by Gasteiger charge is -2.16. The minimum atomic E-state index is 0. The smallest absolute Gasteiger partial charge is 0.292 e. The number of rotatable bonds is 3. The molecule has 3 nitrogen and oxygen atoms in total. The molecular formula is C15H20Cl2N2O. The second kappa shape index (κ2) is 7.19. The summed E-state index contributed by atoms with van der Waals surface area (Å²) >= 11 is 5.79. The topological polar surface area (TPSA) is 24.8 Å². The molecule has 0 radical (unpaired) electrons. The Hall–Kier alpha value is -0.930. The van der Waals surface area contributed by atoms with Crippen LogP contribution in [0.2, 0.25) is 0 Å². The molecule has 1 aromatic rings. The van der Waals surface area contributed by atoms with Crippen molar-refractivity contribution in [2.24, 2.45) is 4.99 Å². The number of benzene rings is 1. The third-order valence-electron chi connectivity index (χ3n) is 3.77. The van der Waals surface area contributed by atoms with E-state index in [0.717, 1.165) is 24.8 Å². The summed E-state index contributed by atoms with van der Waals surface area (Å²) in [6.07, 6.45) is 5.00. The summed E-state index contributed by atoms with van der Waals surface area (Å²) < 4.78 is 5.58. The normalized spacial score (nSPS) is 19.4. The number of ether oxygens (including phenoxy) is 1. The van der Waals surface area contributed by atoms with Crippen molar-refractivity contribution in [2.45, 2.75) is 25.7 Å². The first-order chi connectivity index (χ1) is 9.36. The quantitative estimate of drug-likeness (QED) is 0.797. The highest BCUT2D eigenvalue weighted by atomic mass is 35.5. The maximum Gasteiger partial charge on any atom is 0.292 e. The molecule has 1 fully saturated rings. The predicted octanol–water partition coefficient (Wildman–Crippen LogP) is 3.55. The van der Waals surface area contributed by atoms with Crippen LogP contribution < -0.4 is 0 Å². The van der Waals surface area contributed by atoms with E-state index in [1.54, 1.807) is 0 Å². The van der Waals surface area contributed by atoms with Gasteiger partial charge in [0.15, 0.2) is 0 Å². The van der Waals surface area contributed by atoms with Crippen molar-refractivity contribution in [3.8, 4) is 0 Å². The molecule has 0 aromatic heterocycles. The van der Waals surface area contributed by atoms with Gasteiger partial charge in [0.05, 0.1) is 12.2 Å². The number of aliphatic imine (C=N–C) groups is 1. The van der Waals surface area contributed by atoms with Crippen LogP contribution in [-0.4, -0.2) is 36.5 Å². The van der Waals surface area contributed by atoms with Gasteiger partial charge in [-0.1, -0.05) is 6.07 Å². The summed E-state index contributed by atoms with van der Waals surface area (Å²) in [4.78, 5) is 6.73. The number of fused-ring (bicyclic) bond motifs is 1. The van der Waals surface area contributed by atoms with Crippen molar-refractivity contribution in [1.29, 1.82) is 0 Å². The van der Waals surface area contributed by atoms with E-state index in [1.807, 2.05) is 0 Å². The Morgan fingerprint density at radius 3 is 2.80 bits per heavy atom. The maximum absolute atomic E-state index is 5.79. The van der Waals surface area contributed by atoms with Crippen molar-refractivity contribution in [3.05, 3.63) is 29.3 Å². The lowest BCUT2D eigenvalue weighted by atomic mass is 9.91. The largest absolute Gasteiger partial charge is 0.463 e. The van der Waals surface area contributed by atoms with Gasteiger partial charge in [-0.25, -0.2) is 0 Å². The fraction of sp³-hybridized carbons (Fsp3) is 0.533. The fourth-order valence-electron chi connectivity index (χ4n) is 2.75. The van der Waals surface area contributed by atoms with Crippen LogP contribution in [0.1, 0.15) is 24.0 Å². The maximum atomic E-state index is 5.79. The third kappa shape index (κ3) is 3.39. The Labute approximate surface area is 131 Å². The summed E-state index contributed by atoms with van der Waals surface area (Å²) in [7, 11) is 0. The number of hydrogen-bond donors (Lipinski definition) is 0. The standard InChI is InChI=1S/C15H19ClN2O.ClH/c16-7-8-18-9-10-19-15(18)17-14-6-5-12-3-1-2-4-13(12)11-14;/h5-6,11H,1-4,7-10H2;1H. The summed E-state index contributed by atoms with van der Waals surface area (Å²) in [5, 5.41) is 0. The highest BCUT2D eigenvalue weighted by Crippen LogP contribution is 2.26. The second-order valence-electron chi connectivity index (χ2n) is 5.08. The number of aryl methyl sites for hydroxylation is 2. The van der Waals surface area contributed by atoms with Crippen LogP contribution in [0.25, 0.3) is 0 Å². The van der Waals surface area contributed by atoms with Gasteiger partial charge in [0.2, 0.25) is 0 Å². The minimum Gasteiger partial charge on any atom is -0.463 e. The lowest BCUT2D eigenvalue weighted by Crippen LogP contribution is -2.27. The highest BCUT2D eigenvalue weighted by molar-refractivity contribution is 6.18. The zero-order valence-corrected chi connectivity index (χ0v) is 13.1. The first-order valence-corrected chi connectivity index (χ1v) is 7.54. The van der Waals surface area contributed by atoms with Gasteiger partial charge in [-0.3, -0.25) is 0 Å². The summed E-state index contributed by atoms with van der Waals surface area (Å²) in [5.74, 6) is 0.604. The molecule has 1 heterocycles. The Morgan fingerprint density at radius 2 is 2.00 bits per heavy atom. The van der Waals surface area contributed by atoms with Gasteiger partial charge in [-0.15, -0.1) is 24.0 Å². The molecule has 0 unspecified atom stereocenters. The van der Waals surface area contributed by atoms with E-state index in [0.29, 0.717) is 12.5 Å². The van der Waals surface area contributed by atoms with Crippen molar-refractivity contribution in [2.75, 3.05) is 25.6 Å². The molecule has 110 valence electrons. The van der Waals surface area contributed by atoms with E-state index < -0.39 is 0 Å².